The molecule has 0 spiro atoms. The summed E-state index contributed by atoms with van der Waals surface area (Å²) in [5.41, 5.74) is 9.76. The summed E-state index contributed by atoms with van der Waals surface area (Å²) in [7, 11) is 0. The smallest absolute Gasteiger partial charge is 0.193 e. The predicted octanol–water partition coefficient (Wildman–Crippen LogP) is 2.93. The summed E-state index contributed by atoms with van der Waals surface area (Å²) in [4.78, 5) is 4.21. The highest BCUT2D eigenvalue weighted by Gasteiger charge is 2.10. The van der Waals surface area contributed by atoms with Gasteiger partial charge in [0, 0.05) is 12.2 Å². The first-order chi connectivity index (χ1) is 7.79. The first-order valence-electron chi connectivity index (χ1n) is 5.98. The van der Waals surface area contributed by atoms with Gasteiger partial charge in [-0.1, -0.05) is 13.0 Å². The van der Waals surface area contributed by atoms with E-state index in [4.69, 9.17) is 5.73 Å². The van der Waals surface area contributed by atoms with Gasteiger partial charge in [-0.25, -0.2) is 0 Å². The summed E-state index contributed by atoms with van der Waals surface area (Å²) in [6, 6.07) is 6.47. The fraction of sp³-hybridized carbons (Fsp3) is 0.462. The van der Waals surface area contributed by atoms with Gasteiger partial charge >= 0.3 is 0 Å². The molecule has 0 fully saturated rings. The van der Waals surface area contributed by atoms with Crippen molar-refractivity contribution < 1.29 is 0 Å². The molecule has 94 valence electrons. The topological polar surface area (TPSA) is 50.4 Å². The lowest BCUT2D eigenvalue weighted by molar-refractivity contribution is 0.912. The van der Waals surface area contributed by atoms with Gasteiger partial charge in [0.25, 0.3) is 0 Å². The molecular weight excluding hydrogens is 325 g/mol. The number of nitrogens with one attached hydrogen (secondary N) is 1. The summed E-state index contributed by atoms with van der Waals surface area (Å²) >= 11 is 0. The Labute approximate surface area is 120 Å². The molecule has 0 atom stereocenters. The van der Waals surface area contributed by atoms with E-state index in [0.717, 1.165) is 18.7 Å². The zero-order valence-corrected chi connectivity index (χ0v) is 12.5. The molecule has 0 bridgehead atoms. The van der Waals surface area contributed by atoms with Crippen molar-refractivity contribution in [1.82, 2.24) is 0 Å². The number of hydrogen-bond acceptors (Lipinski definition) is 1. The summed E-state index contributed by atoms with van der Waals surface area (Å²) in [6.45, 7) is 2.87. The van der Waals surface area contributed by atoms with E-state index >= 15 is 0 Å². The molecule has 0 heterocycles. The maximum Gasteiger partial charge on any atom is 0.193 e. The van der Waals surface area contributed by atoms with Gasteiger partial charge in [0.1, 0.15) is 0 Å². The van der Waals surface area contributed by atoms with E-state index < -0.39 is 0 Å². The third-order valence-corrected chi connectivity index (χ3v) is 2.88. The van der Waals surface area contributed by atoms with Crippen LogP contribution in [0.25, 0.3) is 0 Å². The van der Waals surface area contributed by atoms with Gasteiger partial charge in [-0.3, -0.25) is 4.99 Å². The van der Waals surface area contributed by atoms with Crippen LogP contribution in [0.2, 0.25) is 0 Å². The summed E-state index contributed by atoms with van der Waals surface area (Å²) in [6.07, 6.45) is 4.71. The van der Waals surface area contributed by atoms with Gasteiger partial charge in [-0.2, -0.15) is 0 Å². The van der Waals surface area contributed by atoms with Gasteiger partial charge in [0.15, 0.2) is 5.96 Å². The molecule has 0 radical (unpaired) electrons. The monoisotopic (exact) mass is 345 g/mol. The molecule has 17 heavy (non-hydrogen) atoms. The van der Waals surface area contributed by atoms with Gasteiger partial charge in [0.05, 0.1) is 0 Å². The van der Waals surface area contributed by atoms with Crippen molar-refractivity contribution in [1.29, 1.82) is 0 Å². The van der Waals surface area contributed by atoms with E-state index in [1.54, 1.807) is 0 Å². The molecule has 1 aliphatic carbocycles. The van der Waals surface area contributed by atoms with E-state index in [1.165, 1.54) is 30.4 Å². The first-order valence-corrected chi connectivity index (χ1v) is 5.98. The molecule has 1 aromatic rings. The van der Waals surface area contributed by atoms with Crippen LogP contribution in [0.5, 0.6) is 0 Å². The van der Waals surface area contributed by atoms with Crippen LogP contribution in [0, 0.1) is 0 Å². The minimum Gasteiger partial charge on any atom is -0.370 e. The third kappa shape index (κ3) is 3.87. The number of benzene rings is 1. The van der Waals surface area contributed by atoms with Crippen molar-refractivity contribution in [3.05, 3.63) is 29.3 Å². The van der Waals surface area contributed by atoms with Crippen LogP contribution >= 0.6 is 24.0 Å². The van der Waals surface area contributed by atoms with Crippen molar-refractivity contribution in [3.63, 3.8) is 0 Å². The van der Waals surface area contributed by atoms with Crippen molar-refractivity contribution in [2.75, 3.05) is 11.9 Å². The number of nitrogens with two attached hydrogens (primary N) is 1. The number of rotatable bonds is 3. The zero-order chi connectivity index (χ0) is 11.4. The molecule has 0 aromatic heterocycles. The highest BCUT2D eigenvalue weighted by Crippen LogP contribution is 2.24. The number of anilines is 1. The second-order valence-electron chi connectivity index (χ2n) is 4.23. The average Bonchev–Trinajstić information content (AvgIpc) is 2.73. The van der Waals surface area contributed by atoms with Crippen molar-refractivity contribution in [3.8, 4) is 0 Å². The Morgan fingerprint density at radius 3 is 2.88 bits per heavy atom. The predicted molar refractivity (Wildman–Crippen MR) is 84.3 cm³/mol. The molecule has 0 amide bonds. The van der Waals surface area contributed by atoms with Crippen molar-refractivity contribution in [2.45, 2.75) is 32.6 Å². The van der Waals surface area contributed by atoms with Gasteiger partial charge in [-0.05, 0) is 48.9 Å². The number of halogens is 1. The van der Waals surface area contributed by atoms with Crippen LogP contribution < -0.4 is 11.1 Å². The standard InChI is InChI=1S/C13H19N3.HI/c1-2-8-15-13(14)16-12-7-6-10-4-3-5-11(10)9-12;/h6-7,9H,2-5,8H2,1H3,(H3,14,15,16);1H. The van der Waals surface area contributed by atoms with Gasteiger partial charge in [0.2, 0.25) is 0 Å². The fourth-order valence-corrected chi connectivity index (χ4v) is 2.07. The Hall–Kier alpha value is -0.780. The number of guanidine groups is 1. The van der Waals surface area contributed by atoms with Crippen molar-refractivity contribution >= 4 is 35.6 Å². The quantitative estimate of drug-likeness (QED) is 0.503. The van der Waals surface area contributed by atoms with Crippen LogP contribution in [0.3, 0.4) is 0 Å². The maximum absolute atomic E-state index is 5.78. The number of fused-ring (bicyclic) bond motifs is 1. The van der Waals surface area contributed by atoms with E-state index in [-0.39, 0.29) is 24.0 Å². The SMILES string of the molecule is CCCN=C(N)Nc1ccc2c(c1)CCC2.I. The Bertz CT molecular complexity index is 402. The lowest BCUT2D eigenvalue weighted by atomic mass is 10.1. The van der Waals surface area contributed by atoms with Crippen LogP contribution in [-0.2, 0) is 12.8 Å². The van der Waals surface area contributed by atoms with Gasteiger partial charge < -0.3 is 11.1 Å². The lowest BCUT2D eigenvalue weighted by Gasteiger charge is -2.07. The lowest BCUT2D eigenvalue weighted by Crippen LogP contribution is -2.22. The van der Waals surface area contributed by atoms with Crippen LogP contribution in [-0.4, -0.2) is 12.5 Å². The normalized spacial score (nSPS) is 14.1. The number of hydrogen-bond donors (Lipinski definition) is 2. The Balaban J connectivity index is 0.00000144. The van der Waals surface area contributed by atoms with Gasteiger partial charge in [-0.15, -0.1) is 24.0 Å². The Morgan fingerprint density at radius 1 is 1.35 bits per heavy atom. The Morgan fingerprint density at radius 2 is 2.12 bits per heavy atom. The van der Waals surface area contributed by atoms with Crippen LogP contribution in [0.4, 0.5) is 5.69 Å². The van der Waals surface area contributed by atoms with E-state index in [9.17, 15) is 0 Å². The number of nitrogens with zero attached hydrogens (tertiary/aromatic N) is 1. The van der Waals surface area contributed by atoms with E-state index in [1.807, 2.05) is 0 Å². The molecular formula is C13H20IN3. The molecule has 0 saturated heterocycles. The molecule has 1 aliphatic rings. The molecule has 2 rings (SSSR count). The molecule has 3 nitrogen and oxygen atoms in total. The first kappa shape index (κ1) is 14.3. The molecule has 1 aromatic carbocycles. The van der Waals surface area contributed by atoms with E-state index in [0.29, 0.717) is 5.96 Å². The minimum absolute atomic E-state index is 0. The summed E-state index contributed by atoms with van der Waals surface area (Å²) in [5.74, 6) is 0.514. The summed E-state index contributed by atoms with van der Waals surface area (Å²) in [5, 5.41) is 3.13. The molecule has 0 aliphatic heterocycles. The largest absolute Gasteiger partial charge is 0.370 e. The molecule has 3 N–H and O–H groups in total. The Kier molecular flexibility index (Phi) is 5.74. The molecule has 0 saturated carbocycles. The van der Waals surface area contributed by atoms with E-state index in [2.05, 4.69) is 35.4 Å². The fourth-order valence-electron chi connectivity index (χ4n) is 2.07. The van der Waals surface area contributed by atoms with Crippen LogP contribution in [0.1, 0.15) is 30.9 Å². The number of aryl methyl sites for hydroxylation is 2. The second-order valence-corrected chi connectivity index (χ2v) is 4.23. The van der Waals surface area contributed by atoms with Crippen LogP contribution in [0.15, 0.2) is 23.2 Å². The average molecular weight is 345 g/mol. The highest BCUT2D eigenvalue weighted by molar-refractivity contribution is 14.0. The maximum atomic E-state index is 5.78. The zero-order valence-electron chi connectivity index (χ0n) is 10.2. The highest BCUT2D eigenvalue weighted by atomic mass is 127. The molecule has 4 heteroatoms. The minimum atomic E-state index is 0. The second kappa shape index (κ2) is 6.83. The van der Waals surface area contributed by atoms with Crippen molar-refractivity contribution in [2.24, 2.45) is 10.7 Å². The number of aliphatic imine (C=N–C) groups is 1. The third-order valence-electron chi connectivity index (χ3n) is 2.88. The summed E-state index contributed by atoms with van der Waals surface area (Å²) < 4.78 is 0. The molecule has 0 unspecified atom stereocenters.